The van der Waals surface area contributed by atoms with Crippen LogP contribution < -0.4 is 10.1 Å². The maximum absolute atomic E-state index is 6.30. The standard InChI is InChI=1S/C16H22ClNO/c1-18-10-14-8-12-7-13(17)9-15(16(12)19-14)11-5-3-2-4-6-11/h7,9,11,14,18H,2-6,8,10H2,1H3/t14-/m1/s1. The lowest BCUT2D eigenvalue weighted by Gasteiger charge is -2.24. The maximum Gasteiger partial charge on any atom is 0.126 e. The van der Waals surface area contributed by atoms with Gasteiger partial charge in [-0.2, -0.15) is 0 Å². The Morgan fingerprint density at radius 3 is 2.79 bits per heavy atom. The van der Waals surface area contributed by atoms with E-state index in [-0.39, 0.29) is 6.10 Å². The van der Waals surface area contributed by atoms with Crippen molar-refractivity contribution in [3.8, 4) is 5.75 Å². The summed E-state index contributed by atoms with van der Waals surface area (Å²) in [6.07, 6.45) is 7.87. The van der Waals surface area contributed by atoms with Crippen LogP contribution in [0.1, 0.15) is 49.1 Å². The number of ether oxygens (including phenoxy) is 1. The zero-order valence-corrected chi connectivity index (χ0v) is 12.3. The first-order chi connectivity index (χ1) is 9.28. The van der Waals surface area contributed by atoms with Crippen molar-refractivity contribution in [2.24, 2.45) is 0 Å². The number of benzene rings is 1. The van der Waals surface area contributed by atoms with Crippen molar-refractivity contribution >= 4 is 11.6 Å². The molecule has 0 bridgehead atoms. The summed E-state index contributed by atoms with van der Waals surface area (Å²) in [6, 6.07) is 4.22. The average molecular weight is 280 g/mol. The predicted octanol–water partition coefficient (Wildman–Crippen LogP) is 3.91. The van der Waals surface area contributed by atoms with Crippen molar-refractivity contribution in [1.82, 2.24) is 5.32 Å². The summed E-state index contributed by atoms with van der Waals surface area (Å²) in [5.41, 5.74) is 2.66. The number of hydrogen-bond donors (Lipinski definition) is 1. The van der Waals surface area contributed by atoms with Crippen LogP contribution in [0.5, 0.6) is 5.75 Å². The molecule has 0 saturated heterocycles. The topological polar surface area (TPSA) is 21.3 Å². The highest BCUT2D eigenvalue weighted by molar-refractivity contribution is 6.30. The fraction of sp³-hybridized carbons (Fsp3) is 0.625. The third kappa shape index (κ3) is 2.75. The largest absolute Gasteiger partial charge is 0.488 e. The Morgan fingerprint density at radius 2 is 2.05 bits per heavy atom. The molecule has 19 heavy (non-hydrogen) atoms. The smallest absolute Gasteiger partial charge is 0.126 e. The Balaban J connectivity index is 1.89. The van der Waals surface area contributed by atoms with Crippen molar-refractivity contribution in [3.63, 3.8) is 0 Å². The summed E-state index contributed by atoms with van der Waals surface area (Å²) in [4.78, 5) is 0. The van der Waals surface area contributed by atoms with E-state index >= 15 is 0 Å². The van der Waals surface area contributed by atoms with E-state index < -0.39 is 0 Å². The molecule has 3 heteroatoms. The second-order valence-electron chi connectivity index (χ2n) is 5.82. The molecule has 0 aromatic heterocycles. The van der Waals surface area contributed by atoms with Gasteiger partial charge in [-0.1, -0.05) is 30.9 Å². The second-order valence-corrected chi connectivity index (χ2v) is 6.26. The molecule has 104 valence electrons. The number of fused-ring (bicyclic) bond motifs is 1. The Kier molecular flexibility index (Phi) is 3.99. The lowest BCUT2D eigenvalue weighted by molar-refractivity contribution is 0.227. The third-order valence-corrected chi connectivity index (χ3v) is 4.59. The molecule has 2 aliphatic rings. The van der Waals surface area contributed by atoms with E-state index in [2.05, 4.69) is 17.4 Å². The second kappa shape index (κ2) is 5.72. The van der Waals surface area contributed by atoms with Crippen LogP contribution in [-0.4, -0.2) is 19.7 Å². The lowest BCUT2D eigenvalue weighted by atomic mass is 9.83. The van der Waals surface area contributed by atoms with E-state index in [1.165, 1.54) is 43.2 Å². The molecule has 0 amide bonds. The Labute approximate surface area is 120 Å². The van der Waals surface area contributed by atoms with E-state index in [1.54, 1.807) is 0 Å². The van der Waals surface area contributed by atoms with Gasteiger partial charge in [-0.3, -0.25) is 0 Å². The van der Waals surface area contributed by atoms with Crippen LogP contribution in [-0.2, 0) is 6.42 Å². The molecule has 1 atom stereocenters. The molecule has 1 aromatic carbocycles. The summed E-state index contributed by atoms with van der Waals surface area (Å²) in [7, 11) is 1.97. The van der Waals surface area contributed by atoms with Crippen molar-refractivity contribution in [2.75, 3.05) is 13.6 Å². The van der Waals surface area contributed by atoms with Crippen LogP contribution in [0, 0.1) is 0 Å². The molecule has 1 fully saturated rings. The summed E-state index contributed by atoms with van der Waals surface area (Å²) in [5, 5.41) is 4.07. The monoisotopic (exact) mass is 279 g/mol. The van der Waals surface area contributed by atoms with Crippen molar-refractivity contribution in [2.45, 2.75) is 50.5 Å². The normalized spacial score (nSPS) is 23.2. The van der Waals surface area contributed by atoms with Gasteiger partial charge in [-0.05, 0) is 49.1 Å². The van der Waals surface area contributed by atoms with Gasteiger partial charge in [0.25, 0.3) is 0 Å². The first-order valence-corrected chi connectivity index (χ1v) is 7.79. The Bertz CT molecular complexity index is 454. The molecule has 1 aromatic rings. The van der Waals surface area contributed by atoms with Crippen LogP contribution in [0.3, 0.4) is 0 Å². The first kappa shape index (κ1) is 13.3. The van der Waals surface area contributed by atoms with Gasteiger partial charge in [0.15, 0.2) is 0 Å². The van der Waals surface area contributed by atoms with Gasteiger partial charge in [0.05, 0.1) is 0 Å². The molecular formula is C16H22ClNO. The summed E-state index contributed by atoms with van der Waals surface area (Å²) >= 11 is 6.30. The maximum atomic E-state index is 6.30. The SMILES string of the molecule is CNC[C@H]1Cc2cc(Cl)cc(C3CCCCC3)c2O1. The van der Waals surface area contributed by atoms with Gasteiger partial charge < -0.3 is 10.1 Å². The zero-order valence-electron chi connectivity index (χ0n) is 11.5. The van der Waals surface area contributed by atoms with Gasteiger partial charge >= 0.3 is 0 Å². The first-order valence-electron chi connectivity index (χ1n) is 7.41. The molecule has 1 saturated carbocycles. The van der Waals surface area contributed by atoms with Gasteiger partial charge in [-0.15, -0.1) is 0 Å². The van der Waals surface area contributed by atoms with E-state index in [0.29, 0.717) is 5.92 Å². The average Bonchev–Trinajstić information content (AvgIpc) is 2.81. The number of halogens is 1. The molecule has 0 spiro atoms. The molecular weight excluding hydrogens is 258 g/mol. The van der Waals surface area contributed by atoms with Gasteiger partial charge in [-0.25, -0.2) is 0 Å². The van der Waals surface area contributed by atoms with E-state index in [9.17, 15) is 0 Å². The molecule has 3 rings (SSSR count). The molecule has 0 radical (unpaired) electrons. The number of nitrogens with one attached hydrogen (secondary N) is 1. The molecule has 1 aliphatic carbocycles. The van der Waals surface area contributed by atoms with E-state index in [4.69, 9.17) is 16.3 Å². The van der Waals surface area contributed by atoms with Crippen LogP contribution in [0.4, 0.5) is 0 Å². The van der Waals surface area contributed by atoms with Gasteiger partial charge in [0.2, 0.25) is 0 Å². The van der Waals surface area contributed by atoms with E-state index in [0.717, 1.165) is 23.7 Å². The van der Waals surface area contributed by atoms with Crippen LogP contribution in [0.15, 0.2) is 12.1 Å². The zero-order chi connectivity index (χ0) is 13.2. The Hall–Kier alpha value is -0.730. The van der Waals surface area contributed by atoms with Crippen LogP contribution in [0.25, 0.3) is 0 Å². The highest BCUT2D eigenvalue weighted by Crippen LogP contribution is 2.43. The van der Waals surface area contributed by atoms with Crippen molar-refractivity contribution in [1.29, 1.82) is 0 Å². The minimum Gasteiger partial charge on any atom is -0.488 e. The molecule has 1 aliphatic heterocycles. The minimum absolute atomic E-state index is 0.265. The molecule has 1 N–H and O–H groups in total. The lowest BCUT2D eigenvalue weighted by Crippen LogP contribution is -2.27. The summed E-state index contributed by atoms with van der Waals surface area (Å²) in [5.74, 6) is 1.78. The van der Waals surface area contributed by atoms with E-state index in [1.807, 2.05) is 7.05 Å². The fourth-order valence-electron chi connectivity index (χ4n) is 3.48. The number of likely N-dealkylation sites (N-methyl/N-ethyl adjacent to an activating group) is 1. The highest BCUT2D eigenvalue weighted by atomic mass is 35.5. The Morgan fingerprint density at radius 1 is 1.26 bits per heavy atom. The predicted molar refractivity (Wildman–Crippen MR) is 79.3 cm³/mol. The van der Waals surface area contributed by atoms with Crippen molar-refractivity contribution < 1.29 is 4.74 Å². The van der Waals surface area contributed by atoms with Crippen molar-refractivity contribution in [3.05, 3.63) is 28.3 Å². The highest BCUT2D eigenvalue weighted by Gasteiger charge is 2.29. The number of rotatable bonds is 3. The molecule has 2 nitrogen and oxygen atoms in total. The summed E-state index contributed by atoms with van der Waals surface area (Å²) in [6.45, 7) is 0.899. The minimum atomic E-state index is 0.265. The fourth-order valence-corrected chi connectivity index (χ4v) is 3.73. The molecule has 1 heterocycles. The van der Waals surface area contributed by atoms with Gasteiger partial charge in [0, 0.05) is 18.0 Å². The quantitative estimate of drug-likeness (QED) is 0.906. The summed E-state index contributed by atoms with van der Waals surface area (Å²) < 4.78 is 6.17. The van der Waals surface area contributed by atoms with Crippen LogP contribution in [0.2, 0.25) is 5.02 Å². The number of hydrogen-bond acceptors (Lipinski definition) is 2. The third-order valence-electron chi connectivity index (χ3n) is 4.37. The molecule has 0 unspecified atom stereocenters. The van der Waals surface area contributed by atoms with Gasteiger partial charge in [0.1, 0.15) is 11.9 Å². The van der Waals surface area contributed by atoms with Crippen LogP contribution >= 0.6 is 11.6 Å².